The number of nitrogens with two attached hydrogens (primary N) is 1. The number of fused-ring (bicyclic) bond motifs is 1. The molecule has 1 saturated carbocycles. The van der Waals surface area contributed by atoms with Gasteiger partial charge in [-0.05, 0) is 19.1 Å². The molecule has 2 fully saturated rings. The number of nitrogens with one attached hydrogen (secondary N) is 1. The second kappa shape index (κ2) is 5.26. The van der Waals surface area contributed by atoms with Crippen LogP contribution < -0.4 is 11.1 Å². The van der Waals surface area contributed by atoms with Gasteiger partial charge in [0.25, 0.3) is 0 Å². The number of thioether (sulfide) groups is 1. The summed E-state index contributed by atoms with van der Waals surface area (Å²) in [7, 11) is 0. The molecule has 19 heavy (non-hydrogen) atoms. The lowest BCUT2D eigenvalue weighted by Gasteiger charge is -2.65. The van der Waals surface area contributed by atoms with Crippen LogP contribution in [0.4, 0.5) is 0 Å². The standard InChI is InChI=1S/C14H26N2O2S/c1-9(19-4)8-16-12(17)14(15)10-6-5-7-18-11(10)13(14,2)3/h9-11H,5-8,15H2,1-4H3,(H,16,17). The second-order valence-corrected chi connectivity index (χ2v) is 7.66. The Morgan fingerprint density at radius 2 is 2.26 bits per heavy atom. The van der Waals surface area contributed by atoms with Gasteiger partial charge >= 0.3 is 0 Å². The molecule has 1 aliphatic heterocycles. The Labute approximate surface area is 120 Å². The van der Waals surface area contributed by atoms with Gasteiger partial charge in [-0.1, -0.05) is 20.8 Å². The van der Waals surface area contributed by atoms with Gasteiger partial charge in [-0.3, -0.25) is 4.79 Å². The molecular weight excluding hydrogens is 260 g/mol. The van der Waals surface area contributed by atoms with Gasteiger partial charge in [-0.2, -0.15) is 11.8 Å². The molecule has 0 aromatic carbocycles. The third-order valence-electron chi connectivity index (χ3n) is 5.01. The van der Waals surface area contributed by atoms with Crippen molar-refractivity contribution < 1.29 is 9.53 Å². The van der Waals surface area contributed by atoms with E-state index in [0.29, 0.717) is 11.8 Å². The molecule has 0 aromatic heterocycles. The summed E-state index contributed by atoms with van der Waals surface area (Å²) < 4.78 is 5.82. The van der Waals surface area contributed by atoms with Crippen molar-refractivity contribution in [2.24, 2.45) is 17.1 Å². The molecule has 110 valence electrons. The first-order valence-electron chi connectivity index (χ1n) is 7.07. The summed E-state index contributed by atoms with van der Waals surface area (Å²) in [6, 6.07) is 0. The number of hydrogen-bond acceptors (Lipinski definition) is 4. The van der Waals surface area contributed by atoms with Gasteiger partial charge in [-0.15, -0.1) is 0 Å². The van der Waals surface area contributed by atoms with Crippen LogP contribution >= 0.6 is 11.8 Å². The van der Waals surface area contributed by atoms with E-state index in [0.717, 1.165) is 19.4 Å². The summed E-state index contributed by atoms with van der Waals surface area (Å²) in [5.74, 6) is 0.158. The van der Waals surface area contributed by atoms with Crippen LogP contribution in [0, 0.1) is 11.3 Å². The third kappa shape index (κ3) is 2.20. The molecule has 1 heterocycles. The highest BCUT2D eigenvalue weighted by atomic mass is 32.2. The Morgan fingerprint density at radius 1 is 1.58 bits per heavy atom. The van der Waals surface area contributed by atoms with E-state index in [9.17, 15) is 4.79 Å². The van der Waals surface area contributed by atoms with Crippen molar-refractivity contribution in [2.75, 3.05) is 19.4 Å². The average molecular weight is 286 g/mol. The third-order valence-corrected chi connectivity index (χ3v) is 5.98. The van der Waals surface area contributed by atoms with E-state index in [-0.39, 0.29) is 23.3 Å². The van der Waals surface area contributed by atoms with Gasteiger partial charge in [0, 0.05) is 29.7 Å². The Morgan fingerprint density at radius 3 is 2.89 bits per heavy atom. The highest BCUT2D eigenvalue weighted by Crippen LogP contribution is 2.57. The van der Waals surface area contributed by atoms with Gasteiger partial charge in [-0.25, -0.2) is 0 Å². The minimum atomic E-state index is -0.782. The zero-order chi connectivity index (χ0) is 14.3. The van der Waals surface area contributed by atoms with Gasteiger partial charge in [0.15, 0.2) is 0 Å². The number of carbonyl (C=O) groups excluding carboxylic acids is 1. The van der Waals surface area contributed by atoms with E-state index in [1.807, 2.05) is 6.26 Å². The number of rotatable bonds is 4. The number of carbonyl (C=O) groups is 1. The average Bonchev–Trinajstić information content (AvgIpc) is 2.43. The fourth-order valence-electron chi connectivity index (χ4n) is 3.50. The molecule has 2 aliphatic rings. The molecule has 4 nitrogen and oxygen atoms in total. The van der Waals surface area contributed by atoms with Crippen molar-refractivity contribution in [1.82, 2.24) is 5.32 Å². The van der Waals surface area contributed by atoms with Crippen molar-refractivity contribution in [3.05, 3.63) is 0 Å². The minimum absolute atomic E-state index is 0.00912. The molecule has 1 aliphatic carbocycles. The minimum Gasteiger partial charge on any atom is -0.377 e. The molecular formula is C14H26N2O2S. The van der Waals surface area contributed by atoms with E-state index in [1.165, 1.54) is 0 Å². The van der Waals surface area contributed by atoms with Crippen molar-refractivity contribution >= 4 is 17.7 Å². The Bertz CT molecular complexity index is 361. The van der Waals surface area contributed by atoms with Crippen molar-refractivity contribution in [3.8, 4) is 0 Å². The lowest BCUT2D eigenvalue weighted by Crippen LogP contribution is -2.82. The van der Waals surface area contributed by atoms with Gasteiger partial charge in [0.05, 0.1) is 6.10 Å². The molecule has 0 bridgehead atoms. The SMILES string of the molecule is CSC(C)CNC(=O)C1(N)C2CCCOC2C1(C)C. The highest BCUT2D eigenvalue weighted by Gasteiger charge is 2.70. The molecule has 3 N–H and O–H groups in total. The summed E-state index contributed by atoms with van der Waals surface area (Å²) >= 11 is 1.75. The Balaban J connectivity index is 2.06. The molecule has 2 rings (SSSR count). The van der Waals surface area contributed by atoms with Crippen LogP contribution in [-0.2, 0) is 9.53 Å². The zero-order valence-corrected chi connectivity index (χ0v) is 13.2. The Kier molecular flexibility index (Phi) is 4.19. The van der Waals surface area contributed by atoms with Crippen molar-refractivity contribution in [3.63, 3.8) is 0 Å². The summed E-state index contributed by atoms with van der Waals surface area (Å²) in [6.07, 6.45) is 4.18. The largest absolute Gasteiger partial charge is 0.377 e. The molecule has 0 spiro atoms. The first-order chi connectivity index (χ1) is 8.85. The van der Waals surface area contributed by atoms with Crippen LogP contribution in [0.5, 0.6) is 0 Å². The van der Waals surface area contributed by atoms with Crippen LogP contribution in [0.3, 0.4) is 0 Å². The maximum Gasteiger partial charge on any atom is 0.241 e. The predicted octanol–water partition coefficient (Wildman–Crippen LogP) is 1.39. The lowest BCUT2D eigenvalue weighted by molar-refractivity contribution is -0.225. The molecule has 1 saturated heterocycles. The topological polar surface area (TPSA) is 64.4 Å². The monoisotopic (exact) mass is 286 g/mol. The fraction of sp³-hybridized carbons (Fsp3) is 0.929. The summed E-state index contributed by atoms with van der Waals surface area (Å²) in [4.78, 5) is 12.5. The van der Waals surface area contributed by atoms with E-state index in [4.69, 9.17) is 10.5 Å². The van der Waals surface area contributed by atoms with Crippen LogP contribution in [0.2, 0.25) is 0 Å². The van der Waals surface area contributed by atoms with Crippen LogP contribution in [-0.4, -0.2) is 42.2 Å². The number of ether oxygens (including phenoxy) is 1. The Hall–Kier alpha value is -0.260. The molecule has 4 unspecified atom stereocenters. The van der Waals surface area contributed by atoms with Crippen molar-refractivity contribution in [2.45, 2.75) is 50.5 Å². The maximum absolute atomic E-state index is 12.5. The molecule has 4 atom stereocenters. The zero-order valence-electron chi connectivity index (χ0n) is 12.4. The number of hydrogen-bond donors (Lipinski definition) is 2. The van der Waals surface area contributed by atoms with E-state index >= 15 is 0 Å². The quantitative estimate of drug-likeness (QED) is 0.819. The molecule has 0 aromatic rings. The van der Waals surface area contributed by atoms with E-state index < -0.39 is 5.54 Å². The van der Waals surface area contributed by atoms with Gasteiger partial charge in [0.1, 0.15) is 5.54 Å². The lowest BCUT2D eigenvalue weighted by atomic mass is 9.46. The second-order valence-electron chi connectivity index (χ2n) is 6.39. The predicted molar refractivity (Wildman–Crippen MR) is 79.2 cm³/mol. The highest BCUT2D eigenvalue weighted by molar-refractivity contribution is 7.99. The summed E-state index contributed by atoms with van der Waals surface area (Å²) in [5.41, 5.74) is 5.44. The molecule has 5 heteroatoms. The normalized spacial score (nSPS) is 37.9. The van der Waals surface area contributed by atoms with Gasteiger partial charge in [0.2, 0.25) is 5.91 Å². The van der Waals surface area contributed by atoms with E-state index in [1.54, 1.807) is 11.8 Å². The van der Waals surface area contributed by atoms with Crippen molar-refractivity contribution in [1.29, 1.82) is 0 Å². The summed E-state index contributed by atoms with van der Waals surface area (Å²) in [5, 5.41) is 3.44. The fourth-order valence-corrected chi connectivity index (χ4v) is 3.75. The van der Waals surface area contributed by atoms with Crippen LogP contribution in [0.15, 0.2) is 0 Å². The summed E-state index contributed by atoms with van der Waals surface area (Å²) in [6.45, 7) is 7.68. The maximum atomic E-state index is 12.5. The molecule has 0 radical (unpaired) electrons. The van der Waals surface area contributed by atoms with E-state index in [2.05, 4.69) is 26.1 Å². The van der Waals surface area contributed by atoms with Crippen LogP contribution in [0.25, 0.3) is 0 Å². The van der Waals surface area contributed by atoms with Crippen LogP contribution in [0.1, 0.15) is 33.6 Å². The number of amides is 1. The van der Waals surface area contributed by atoms with Gasteiger partial charge < -0.3 is 15.8 Å². The molecule has 1 amide bonds. The smallest absolute Gasteiger partial charge is 0.241 e. The first kappa shape index (κ1) is 15.1. The first-order valence-corrected chi connectivity index (χ1v) is 8.36.